The van der Waals surface area contributed by atoms with Crippen molar-refractivity contribution in [2.75, 3.05) is 13.2 Å². The van der Waals surface area contributed by atoms with E-state index in [1.54, 1.807) is 11.1 Å². The summed E-state index contributed by atoms with van der Waals surface area (Å²) >= 11 is 0. The molecule has 0 aliphatic carbocycles. The van der Waals surface area contributed by atoms with Crippen LogP contribution < -0.4 is 4.74 Å². The highest BCUT2D eigenvalue weighted by atomic mass is 16.5. The fourth-order valence-electron chi connectivity index (χ4n) is 2.07. The van der Waals surface area contributed by atoms with Gasteiger partial charge in [0.25, 0.3) is 0 Å². The van der Waals surface area contributed by atoms with Gasteiger partial charge < -0.3 is 9.64 Å². The number of nitrogens with zero attached hydrogens (tertiary/aromatic N) is 3. The minimum absolute atomic E-state index is 0.00802. The van der Waals surface area contributed by atoms with Crippen LogP contribution in [0.15, 0.2) is 12.4 Å². The Labute approximate surface area is 112 Å². The standard InChI is InChI=1S/C14H17N3O2/c1-3-10(2)14(18)17-4-5-19-13-11(6-15)7-16-8-12(13)9-17/h7-8,10H,3-5,9H2,1-2H3. The maximum Gasteiger partial charge on any atom is 0.225 e. The Morgan fingerprint density at radius 2 is 2.42 bits per heavy atom. The summed E-state index contributed by atoms with van der Waals surface area (Å²) in [7, 11) is 0. The maximum atomic E-state index is 12.2. The van der Waals surface area contributed by atoms with Gasteiger partial charge in [0, 0.05) is 23.9 Å². The van der Waals surface area contributed by atoms with Gasteiger partial charge in [0.05, 0.1) is 13.1 Å². The molecule has 0 aromatic carbocycles. The van der Waals surface area contributed by atoms with Gasteiger partial charge >= 0.3 is 0 Å². The number of nitriles is 1. The highest BCUT2D eigenvalue weighted by Gasteiger charge is 2.24. The van der Waals surface area contributed by atoms with Crippen LogP contribution in [0.3, 0.4) is 0 Å². The third-order valence-corrected chi connectivity index (χ3v) is 3.41. The smallest absolute Gasteiger partial charge is 0.225 e. The summed E-state index contributed by atoms with van der Waals surface area (Å²) in [5.41, 5.74) is 1.23. The molecule has 19 heavy (non-hydrogen) atoms. The monoisotopic (exact) mass is 259 g/mol. The molecule has 2 rings (SSSR count). The van der Waals surface area contributed by atoms with Gasteiger partial charge in [-0.2, -0.15) is 5.26 Å². The van der Waals surface area contributed by atoms with Crippen LogP contribution in [0.4, 0.5) is 0 Å². The van der Waals surface area contributed by atoms with Crippen LogP contribution in [0.2, 0.25) is 0 Å². The van der Waals surface area contributed by atoms with Gasteiger partial charge in [0.15, 0.2) is 0 Å². The number of hydrogen-bond acceptors (Lipinski definition) is 4. The number of hydrogen-bond donors (Lipinski definition) is 0. The van der Waals surface area contributed by atoms with E-state index in [1.807, 2.05) is 13.8 Å². The van der Waals surface area contributed by atoms with E-state index in [4.69, 9.17) is 10.00 Å². The molecule has 1 aromatic heterocycles. The fraction of sp³-hybridized carbons (Fsp3) is 0.500. The van der Waals surface area contributed by atoms with Crippen molar-refractivity contribution in [2.45, 2.75) is 26.8 Å². The molecule has 1 aromatic rings. The van der Waals surface area contributed by atoms with Crippen LogP contribution in [-0.4, -0.2) is 28.9 Å². The van der Waals surface area contributed by atoms with E-state index in [2.05, 4.69) is 11.1 Å². The van der Waals surface area contributed by atoms with Crippen molar-refractivity contribution in [3.8, 4) is 11.8 Å². The van der Waals surface area contributed by atoms with Crippen molar-refractivity contribution in [3.05, 3.63) is 23.5 Å². The van der Waals surface area contributed by atoms with Gasteiger partial charge in [-0.1, -0.05) is 13.8 Å². The second-order valence-electron chi connectivity index (χ2n) is 4.70. The van der Waals surface area contributed by atoms with E-state index in [0.29, 0.717) is 31.0 Å². The molecule has 2 heterocycles. The van der Waals surface area contributed by atoms with Crippen molar-refractivity contribution < 1.29 is 9.53 Å². The van der Waals surface area contributed by atoms with Gasteiger partial charge in [0.2, 0.25) is 5.91 Å². The third-order valence-electron chi connectivity index (χ3n) is 3.41. The fourth-order valence-corrected chi connectivity index (χ4v) is 2.07. The average Bonchev–Trinajstić information content (AvgIpc) is 2.67. The Hall–Kier alpha value is -2.09. The van der Waals surface area contributed by atoms with Gasteiger partial charge in [-0.3, -0.25) is 9.78 Å². The van der Waals surface area contributed by atoms with Gasteiger partial charge in [-0.15, -0.1) is 0 Å². The Morgan fingerprint density at radius 1 is 1.63 bits per heavy atom. The summed E-state index contributed by atoms with van der Waals surface area (Å²) in [6.45, 7) is 5.34. The summed E-state index contributed by atoms with van der Waals surface area (Å²) in [6.07, 6.45) is 3.98. The van der Waals surface area contributed by atoms with Crippen molar-refractivity contribution in [1.82, 2.24) is 9.88 Å². The summed E-state index contributed by atoms with van der Waals surface area (Å²) in [5, 5.41) is 9.04. The summed E-state index contributed by atoms with van der Waals surface area (Å²) in [6, 6.07) is 2.07. The molecule has 1 aliphatic heterocycles. The Morgan fingerprint density at radius 3 is 3.11 bits per heavy atom. The molecule has 100 valence electrons. The highest BCUT2D eigenvalue weighted by Crippen LogP contribution is 2.26. The quantitative estimate of drug-likeness (QED) is 0.811. The normalized spacial score (nSPS) is 15.7. The number of ether oxygens (including phenoxy) is 1. The van der Waals surface area contributed by atoms with Gasteiger partial charge in [-0.05, 0) is 6.42 Å². The third kappa shape index (κ3) is 2.68. The lowest BCUT2D eigenvalue weighted by Crippen LogP contribution is -2.36. The Balaban J connectivity index is 2.27. The molecule has 0 spiro atoms. The number of fused-ring (bicyclic) bond motifs is 1. The lowest BCUT2D eigenvalue weighted by Gasteiger charge is -2.22. The number of carbonyl (C=O) groups is 1. The molecule has 0 saturated heterocycles. The first-order valence-electron chi connectivity index (χ1n) is 6.46. The zero-order valence-corrected chi connectivity index (χ0v) is 11.2. The van der Waals surface area contributed by atoms with Gasteiger partial charge in [-0.25, -0.2) is 0 Å². The predicted octanol–water partition coefficient (Wildman–Crippen LogP) is 1.72. The zero-order chi connectivity index (χ0) is 13.8. The van der Waals surface area contributed by atoms with E-state index in [1.165, 1.54) is 6.20 Å². The topological polar surface area (TPSA) is 66.2 Å². The molecule has 5 heteroatoms. The first-order valence-corrected chi connectivity index (χ1v) is 6.46. The maximum absolute atomic E-state index is 12.2. The molecule has 1 atom stereocenters. The van der Waals surface area contributed by atoms with E-state index < -0.39 is 0 Å². The van der Waals surface area contributed by atoms with Crippen LogP contribution >= 0.6 is 0 Å². The van der Waals surface area contributed by atoms with E-state index >= 15 is 0 Å². The average molecular weight is 259 g/mol. The van der Waals surface area contributed by atoms with Crippen molar-refractivity contribution in [2.24, 2.45) is 5.92 Å². The van der Waals surface area contributed by atoms with Crippen LogP contribution in [0.1, 0.15) is 31.4 Å². The highest BCUT2D eigenvalue weighted by molar-refractivity contribution is 5.78. The summed E-state index contributed by atoms with van der Waals surface area (Å²) < 4.78 is 5.61. The minimum Gasteiger partial charge on any atom is -0.490 e. The van der Waals surface area contributed by atoms with Crippen molar-refractivity contribution in [1.29, 1.82) is 5.26 Å². The number of pyridine rings is 1. The van der Waals surface area contributed by atoms with Crippen molar-refractivity contribution >= 4 is 5.91 Å². The minimum atomic E-state index is 0.00802. The van der Waals surface area contributed by atoms with Crippen LogP contribution in [0, 0.1) is 17.2 Å². The molecule has 0 fully saturated rings. The number of rotatable bonds is 2. The summed E-state index contributed by atoms with van der Waals surface area (Å²) in [5.74, 6) is 0.701. The molecule has 1 amide bonds. The first-order chi connectivity index (χ1) is 9.17. The van der Waals surface area contributed by atoms with E-state index in [9.17, 15) is 4.79 Å². The molecule has 0 radical (unpaired) electrons. The molecule has 0 N–H and O–H groups in total. The molecule has 5 nitrogen and oxygen atoms in total. The largest absolute Gasteiger partial charge is 0.490 e. The lowest BCUT2D eigenvalue weighted by atomic mass is 10.1. The molecule has 0 bridgehead atoms. The molecule has 1 aliphatic rings. The van der Waals surface area contributed by atoms with E-state index in [-0.39, 0.29) is 11.8 Å². The van der Waals surface area contributed by atoms with Crippen molar-refractivity contribution in [3.63, 3.8) is 0 Å². The molecular formula is C14H17N3O2. The van der Waals surface area contributed by atoms with Crippen LogP contribution in [-0.2, 0) is 11.3 Å². The number of aromatic nitrogens is 1. The first kappa shape index (κ1) is 13.3. The van der Waals surface area contributed by atoms with E-state index in [0.717, 1.165) is 12.0 Å². The Bertz CT molecular complexity index is 522. The number of carbonyl (C=O) groups excluding carboxylic acids is 1. The molecular weight excluding hydrogens is 242 g/mol. The van der Waals surface area contributed by atoms with Gasteiger partial charge in [0.1, 0.15) is 24.0 Å². The van der Waals surface area contributed by atoms with Crippen LogP contribution in [0.5, 0.6) is 5.75 Å². The lowest BCUT2D eigenvalue weighted by molar-refractivity contribution is -0.135. The zero-order valence-electron chi connectivity index (χ0n) is 11.2. The number of amides is 1. The Kier molecular flexibility index (Phi) is 4.00. The second-order valence-corrected chi connectivity index (χ2v) is 4.70. The summed E-state index contributed by atoms with van der Waals surface area (Å²) in [4.78, 5) is 18.0. The van der Waals surface area contributed by atoms with Crippen LogP contribution in [0.25, 0.3) is 0 Å². The molecule has 0 saturated carbocycles. The SMILES string of the molecule is CCC(C)C(=O)N1CCOc2c(C#N)cncc2C1. The molecule has 1 unspecified atom stereocenters. The predicted molar refractivity (Wildman–Crippen MR) is 69.3 cm³/mol. The second kappa shape index (κ2) is 5.70.